The van der Waals surface area contributed by atoms with Crippen LogP contribution in [0.15, 0.2) is 24.3 Å². The van der Waals surface area contributed by atoms with Gasteiger partial charge in [0, 0.05) is 0 Å². The number of carbonyl (C=O) groups excluding carboxylic acids is 1. The Hall–Kier alpha value is -0.320. The molecule has 0 spiro atoms. The molecule has 0 heterocycles. The molecule has 0 saturated carbocycles. The van der Waals surface area contributed by atoms with Crippen LogP contribution in [0.3, 0.4) is 0 Å². The van der Waals surface area contributed by atoms with E-state index in [0.29, 0.717) is 4.43 Å². The Morgan fingerprint density at radius 3 is 2.60 bits per heavy atom. The molecule has 10 heavy (non-hydrogen) atoms. The van der Waals surface area contributed by atoms with E-state index < -0.39 is 0 Å². The van der Waals surface area contributed by atoms with E-state index in [1.807, 2.05) is 46.9 Å². The Morgan fingerprint density at radius 2 is 2.10 bits per heavy atom. The minimum Gasteiger partial charge on any atom is -0.346 e. The standard InChI is InChI=1S/C7H8INO/c8-5-7(10)9-6-3-1-2-4-6/h1-4,6H,5H2,(H,9,10). The van der Waals surface area contributed by atoms with E-state index >= 15 is 0 Å². The summed E-state index contributed by atoms with van der Waals surface area (Å²) in [7, 11) is 0. The molecule has 2 nitrogen and oxygen atoms in total. The molecule has 0 aromatic heterocycles. The second kappa shape index (κ2) is 3.75. The third kappa shape index (κ3) is 2.13. The van der Waals surface area contributed by atoms with Gasteiger partial charge in [0.15, 0.2) is 0 Å². The molecule has 0 aromatic carbocycles. The van der Waals surface area contributed by atoms with Gasteiger partial charge < -0.3 is 5.32 Å². The zero-order valence-electron chi connectivity index (χ0n) is 5.38. The van der Waals surface area contributed by atoms with Crippen molar-refractivity contribution in [2.75, 3.05) is 4.43 Å². The maximum absolute atomic E-state index is 10.8. The van der Waals surface area contributed by atoms with Gasteiger partial charge in [0.05, 0.1) is 10.5 Å². The maximum atomic E-state index is 10.8. The Balaban J connectivity index is 2.32. The molecule has 0 fully saturated rings. The number of hydrogen-bond acceptors (Lipinski definition) is 1. The van der Waals surface area contributed by atoms with E-state index in [2.05, 4.69) is 5.32 Å². The summed E-state index contributed by atoms with van der Waals surface area (Å²) in [4.78, 5) is 10.8. The molecule has 54 valence electrons. The number of alkyl halides is 1. The van der Waals surface area contributed by atoms with Gasteiger partial charge in [-0.25, -0.2) is 0 Å². The highest BCUT2D eigenvalue weighted by atomic mass is 127. The van der Waals surface area contributed by atoms with Crippen molar-refractivity contribution in [3.05, 3.63) is 24.3 Å². The van der Waals surface area contributed by atoms with Crippen molar-refractivity contribution in [3.8, 4) is 0 Å². The minimum absolute atomic E-state index is 0.0850. The molecule has 0 aromatic rings. The van der Waals surface area contributed by atoms with Crippen LogP contribution in [-0.4, -0.2) is 16.4 Å². The Bertz CT molecular complexity index is 174. The van der Waals surface area contributed by atoms with Crippen molar-refractivity contribution in [1.82, 2.24) is 5.32 Å². The average molecular weight is 249 g/mol. The van der Waals surface area contributed by atoms with Crippen LogP contribution in [0, 0.1) is 0 Å². The number of allylic oxidation sites excluding steroid dienone is 2. The summed E-state index contributed by atoms with van der Waals surface area (Å²) in [5.41, 5.74) is 0. The quantitative estimate of drug-likeness (QED) is 0.574. The SMILES string of the molecule is O=C(CI)NC1C=CC=C1. The van der Waals surface area contributed by atoms with E-state index in [-0.39, 0.29) is 11.9 Å². The molecule has 1 N–H and O–H groups in total. The van der Waals surface area contributed by atoms with Gasteiger partial charge in [-0.05, 0) is 0 Å². The molecule has 0 atom stereocenters. The number of rotatable bonds is 2. The number of amides is 1. The molecule has 0 bridgehead atoms. The number of nitrogens with one attached hydrogen (secondary N) is 1. The molecule has 3 heteroatoms. The minimum atomic E-state index is 0.0850. The molecule has 1 aliphatic rings. The van der Waals surface area contributed by atoms with Gasteiger partial charge in [-0.3, -0.25) is 4.79 Å². The first-order chi connectivity index (χ1) is 4.83. The fourth-order valence-electron chi connectivity index (χ4n) is 0.753. The molecule has 0 saturated heterocycles. The summed E-state index contributed by atoms with van der Waals surface area (Å²) in [6, 6.07) is 0.127. The van der Waals surface area contributed by atoms with Gasteiger partial charge in [-0.15, -0.1) is 0 Å². The van der Waals surface area contributed by atoms with Crippen molar-refractivity contribution in [2.24, 2.45) is 0 Å². The van der Waals surface area contributed by atoms with Crippen LogP contribution in [0.1, 0.15) is 0 Å². The van der Waals surface area contributed by atoms with E-state index in [1.165, 1.54) is 0 Å². The van der Waals surface area contributed by atoms with Gasteiger partial charge in [-0.1, -0.05) is 46.9 Å². The van der Waals surface area contributed by atoms with E-state index in [0.717, 1.165) is 0 Å². The van der Waals surface area contributed by atoms with Crippen molar-refractivity contribution in [3.63, 3.8) is 0 Å². The molecular formula is C7H8INO. The lowest BCUT2D eigenvalue weighted by atomic mass is 10.3. The van der Waals surface area contributed by atoms with Crippen molar-refractivity contribution >= 4 is 28.5 Å². The van der Waals surface area contributed by atoms with E-state index in [4.69, 9.17) is 0 Å². The molecular weight excluding hydrogens is 241 g/mol. The van der Waals surface area contributed by atoms with Gasteiger partial charge in [0.1, 0.15) is 0 Å². The first kappa shape index (κ1) is 7.78. The Morgan fingerprint density at radius 1 is 1.50 bits per heavy atom. The molecule has 1 aliphatic carbocycles. The first-order valence-electron chi connectivity index (χ1n) is 3.03. The average Bonchev–Trinajstić information content (AvgIpc) is 2.40. The first-order valence-corrected chi connectivity index (χ1v) is 4.56. The van der Waals surface area contributed by atoms with E-state index in [1.54, 1.807) is 0 Å². The van der Waals surface area contributed by atoms with Crippen LogP contribution in [-0.2, 0) is 4.79 Å². The predicted octanol–water partition coefficient (Wildman–Crippen LogP) is 1.03. The third-order valence-corrected chi connectivity index (χ3v) is 1.89. The molecule has 0 aliphatic heterocycles. The summed E-state index contributed by atoms with van der Waals surface area (Å²) in [6.07, 6.45) is 7.75. The fourth-order valence-corrected chi connectivity index (χ4v) is 0.973. The van der Waals surface area contributed by atoms with Crippen molar-refractivity contribution < 1.29 is 4.79 Å². The highest BCUT2D eigenvalue weighted by Gasteiger charge is 2.05. The molecule has 1 rings (SSSR count). The smallest absolute Gasteiger partial charge is 0.230 e. The summed E-state index contributed by atoms with van der Waals surface area (Å²) in [5, 5.41) is 2.81. The van der Waals surface area contributed by atoms with Gasteiger partial charge in [0.2, 0.25) is 5.91 Å². The number of hydrogen-bond donors (Lipinski definition) is 1. The lowest BCUT2D eigenvalue weighted by molar-refractivity contribution is -0.118. The molecule has 1 amide bonds. The molecule has 0 unspecified atom stereocenters. The number of halogens is 1. The summed E-state index contributed by atoms with van der Waals surface area (Å²) >= 11 is 2.04. The summed E-state index contributed by atoms with van der Waals surface area (Å²) in [5.74, 6) is 0.0850. The monoisotopic (exact) mass is 249 g/mol. The van der Waals surface area contributed by atoms with Crippen molar-refractivity contribution in [1.29, 1.82) is 0 Å². The van der Waals surface area contributed by atoms with Crippen LogP contribution in [0.25, 0.3) is 0 Å². The topological polar surface area (TPSA) is 29.1 Å². The van der Waals surface area contributed by atoms with Crippen LogP contribution in [0.5, 0.6) is 0 Å². The predicted molar refractivity (Wildman–Crippen MR) is 49.1 cm³/mol. The summed E-state index contributed by atoms with van der Waals surface area (Å²) < 4.78 is 0.524. The van der Waals surface area contributed by atoms with Crippen LogP contribution < -0.4 is 5.32 Å². The fraction of sp³-hybridized carbons (Fsp3) is 0.286. The Kier molecular flexibility index (Phi) is 2.92. The van der Waals surface area contributed by atoms with Gasteiger partial charge in [0.25, 0.3) is 0 Å². The second-order valence-electron chi connectivity index (χ2n) is 2.00. The van der Waals surface area contributed by atoms with Crippen LogP contribution >= 0.6 is 22.6 Å². The largest absolute Gasteiger partial charge is 0.346 e. The van der Waals surface area contributed by atoms with Crippen LogP contribution in [0.2, 0.25) is 0 Å². The highest BCUT2D eigenvalue weighted by molar-refractivity contribution is 14.1. The van der Waals surface area contributed by atoms with Gasteiger partial charge in [-0.2, -0.15) is 0 Å². The number of carbonyl (C=O) groups is 1. The maximum Gasteiger partial charge on any atom is 0.230 e. The normalized spacial score (nSPS) is 16.1. The van der Waals surface area contributed by atoms with Crippen molar-refractivity contribution in [2.45, 2.75) is 6.04 Å². The molecule has 0 radical (unpaired) electrons. The summed E-state index contributed by atoms with van der Waals surface area (Å²) in [6.45, 7) is 0. The lowest BCUT2D eigenvalue weighted by Crippen LogP contribution is -2.31. The zero-order valence-corrected chi connectivity index (χ0v) is 7.54. The lowest BCUT2D eigenvalue weighted by Gasteiger charge is -2.05. The highest BCUT2D eigenvalue weighted by Crippen LogP contribution is 1.98. The van der Waals surface area contributed by atoms with Crippen LogP contribution in [0.4, 0.5) is 0 Å². The van der Waals surface area contributed by atoms with Gasteiger partial charge >= 0.3 is 0 Å². The second-order valence-corrected chi connectivity index (χ2v) is 2.76. The Labute approximate surface area is 73.5 Å². The third-order valence-electron chi connectivity index (χ3n) is 1.20. The van der Waals surface area contributed by atoms with E-state index in [9.17, 15) is 4.79 Å². The zero-order chi connectivity index (χ0) is 7.40.